The standard InChI is InChI=1S/C11H11FO3/c1-7(6-10(13)11(14)15)8-2-4-9(12)5-3-8/h2-5,7H,6H2,1H3,(H,14,15). The average Bonchev–Trinajstić information content (AvgIpc) is 2.18. The Morgan fingerprint density at radius 1 is 1.33 bits per heavy atom. The number of carbonyl (C=O) groups is 2. The Bertz CT molecular complexity index is 370. The first kappa shape index (κ1) is 11.4. The number of ketones is 1. The molecule has 0 saturated heterocycles. The number of benzene rings is 1. The molecule has 1 rings (SSSR count). The quantitative estimate of drug-likeness (QED) is 0.773. The molecule has 1 N–H and O–H groups in total. The van der Waals surface area contributed by atoms with Gasteiger partial charge in [-0.2, -0.15) is 0 Å². The summed E-state index contributed by atoms with van der Waals surface area (Å²) in [5.41, 5.74) is 0.756. The van der Waals surface area contributed by atoms with E-state index >= 15 is 0 Å². The number of carbonyl (C=O) groups excluding carboxylic acids is 1. The van der Waals surface area contributed by atoms with Gasteiger partial charge in [-0.1, -0.05) is 19.1 Å². The molecule has 0 heterocycles. The number of hydrogen-bond donors (Lipinski definition) is 1. The van der Waals surface area contributed by atoms with Gasteiger partial charge < -0.3 is 5.11 Å². The largest absolute Gasteiger partial charge is 0.476 e. The fraction of sp³-hybridized carbons (Fsp3) is 0.273. The van der Waals surface area contributed by atoms with Gasteiger partial charge in [0.15, 0.2) is 0 Å². The number of hydrogen-bond acceptors (Lipinski definition) is 2. The third-order valence-electron chi connectivity index (χ3n) is 2.17. The Hall–Kier alpha value is -1.71. The lowest BCUT2D eigenvalue weighted by molar-refractivity contribution is -0.149. The minimum atomic E-state index is -1.43. The van der Waals surface area contributed by atoms with E-state index < -0.39 is 11.8 Å². The minimum Gasteiger partial charge on any atom is -0.476 e. The summed E-state index contributed by atoms with van der Waals surface area (Å²) in [6, 6.07) is 5.68. The lowest BCUT2D eigenvalue weighted by atomic mass is 9.96. The van der Waals surface area contributed by atoms with Crippen LogP contribution in [-0.2, 0) is 9.59 Å². The van der Waals surface area contributed by atoms with Gasteiger partial charge in [-0.15, -0.1) is 0 Å². The molecule has 80 valence electrons. The topological polar surface area (TPSA) is 54.4 Å². The van der Waals surface area contributed by atoms with Crippen molar-refractivity contribution in [3.05, 3.63) is 35.6 Å². The zero-order chi connectivity index (χ0) is 11.4. The van der Waals surface area contributed by atoms with E-state index in [2.05, 4.69) is 0 Å². The molecule has 0 fully saturated rings. The highest BCUT2D eigenvalue weighted by molar-refractivity contribution is 6.32. The predicted molar refractivity (Wildman–Crippen MR) is 52.1 cm³/mol. The van der Waals surface area contributed by atoms with E-state index in [9.17, 15) is 14.0 Å². The number of halogens is 1. The maximum atomic E-state index is 12.6. The van der Waals surface area contributed by atoms with Gasteiger partial charge in [0.1, 0.15) is 5.82 Å². The molecule has 0 bridgehead atoms. The van der Waals surface area contributed by atoms with Crippen LogP contribution in [0, 0.1) is 5.82 Å². The van der Waals surface area contributed by atoms with Gasteiger partial charge in [-0.05, 0) is 23.6 Å². The van der Waals surface area contributed by atoms with Crippen molar-refractivity contribution >= 4 is 11.8 Å². The molecular formula is C11H11FO3. The molecule has 0 aliphatic carbocycles. The summed E-state index contributed by atoms with van der Waals surface area (Å²) >= 11 is 0. The lowest BCUT2D eigenvalue weighted by Crippen LogP contribution is -2.14. The molecule has 0 aliphatic rings. The lowest BCUT2D eigenvalue weighted by Gasteiger charge is -2.08. The van der Waals surface area contributed by atoms with E-state index in [4.69, 9.17) is 5.11 Å². The van der Waals surface area contributed by atoms with Gasteiger partial charge >= 0.3 is 5.97 Å². The number of carboxylic acid groups (broad SMARTS) is 1. The normalized spacial score (nSPS) is 12.1. The molecule has 4 heteroatoms. The Morgan fingerprint density at radius 2 is 1.87 bits per heavy atom. The fourth-order valence-corrected chi connectivity index (χ4v) is 1.27. The van der Waals surface area contributed by atoms with Gasteiger partial charge in [-0.25, -0.2) is 9.18 Å². The zero-order valence-electron chi connectivity index (χ0n) is 8.24. The van der Waals surface area contributed by atoms with Gasteiger partial charge in [0.2, 0.25) is 5.78 Å². The summed E-state index contributed by atoms with van der Waals surface area (Å²) in [6.07, 6.45) is -0.0685. The van der Waals surface area contributed by atoms with E-state index in [0.717, 1.165) is 5.56 Å². The molecule has 1 unspecified atom stereocenters. The van der Waals surface area contributed by atoms with Crippen LogP contribution in [0.25, 0.3) is 0 Å². The van der Waals surface area contributed by atoms with Crippen molar-refractivity contribution in [1.29, 1.82) is 0 Å². The highest BCUT2D eigenvalue weighted by Gasteiger charge is 2.16. The Labute approximate surface area is 86.5 Å². The highest BCUT2D eigenvalue weighted by Crippen LogP contribution is 2.19. The second-order valence-electron chi connectivity index (χ2n) is 3.39. The highest BCUT2D eigenvalue weighted by atomic mass is 19.1. The van der Waals surface area contributed by atoms with Crippen LogP contribution in [0.15, 0.2) is 24.3 Å². The Morgan fingerprint density at radius 3 is 2.33 bits per heavy atom. The van der Waals surface area contributed by atoms with Crippen LogP contribution in [0.4, 0.5) is 4.39 Å². The Balaban J connectivity index is 2.69. The minimum absolute atomic E-state index is 0.0685. The van der Waals surface area contributed by atoms with Gasteiger partial charge in [-0.3, -0.25) is 4.79 Å². The van der Waals surface area contributed by atoms with E-state index in [0.29, 0.717) is 0 Å². The van der Waals surface area contributed by atoms with E-state index in [1.54, 1.807) is 19.1 Å². The zero-order valence-corrected chi connectivity index (χ0v) is 8.24. The molecule has 0 spiro atoms. The molecule has 0 saturated carbocycles. The average molecular weight is 210 g/mol. The first-order chi connectivity index (χ1) is 7.00. The van der Waals surface area contributed by atoms with Crippen LogP contribution in [0.2, 0.25) is 0 Å². The van der Waals surface area contributed by atoms with Crippen LogP contribution in [0.5, 0.6) is 0 Å². The van der Waals surface area contributed by atoms with Crippen molar-refractivity contribution in [3.63, 3.8) is 0 Å². The first-order valence-electron chi connectivity index (χ1n) is 4.52. The summed E-state index contributed by atoms with van der Waals surface area (Å²) in [6.45, 7) is 1.73. The first-order valence-corrected chi connectivity index (χ1v) is 4.52. The van der Waals surface area contributed by atoms with Crippen LogP contribution in [-0.4, -0.2) is 16.9 Å². The third-order valence-corrected chi connectivity index (χ3v) is 2.17. The molecule has 15 heavy (non-hydrogen) atoms. The fourth-order valence-electron chi connectivity index (χ4n) is 1.27. The maximum absolute atomic E-state index is 12.6. The van der Waals surface area contributed by atoms with Crippen molar-refractivity contribution in [2.75, 3.05) is 0 Å². The molecule has 1 aromatic carbocycles. The second-order valence-corrected chi connectivity index (χ2v) is 3.39. The van der Waals surface area contributed by atoms with Crippen molar-refractivity contribution < 1.29 is 19.1 Å². The molecular weight excluding hydrogens is 199 g/mol. The molecule has 0 radical (unpaired) electrons. The van der Waals surface area contributed by atoms with Gasteiger partial charge in [0.25, 0.3) is 0 Å². The SMILES string of the molecule is CC(CC(=O)C(=O)O)c1ccc(F)cc1. The van der Waals surface area contributed by atoms with Crippen molar-refractivity contribution in [2.45, 2.75) is 19.3 Å². The van der Waals surface area contributed by atoms with Crippen molar-refractivity contribution in [2.24, 2.45) is 0 Å². The summed E-state index contributed by atoms with van der Waals surface area (Å²) in [7, 11) is 0. The van der Waals surface area contributed by atoms with Crippen LogP contribution in [0.1, 0.15) is 24.8 Å². The summed E-state index contributed by atoms with van der Waals surface area (Å²) in [5, 5.41) is 8.41. The maximum Gasteiger partial charge on any atom is 0.372 e. The molecule has 1 aromatic rings. The van der Waals surface area contributed by atoms with Crippen LogP contribution < -0.4 is 0 Å². The van der Waals surface area contributed by atoms with Crippen molar-refractivity contribution in [3.8, 4) is 0 Å². The van der Waals surface area contributed by atoms with Crippen molar-refractivity contribution in [1.82, 2.24) is 0 Å². The molecule has 0 aliphatic heterocycles. The third kappa shape index (κ3) is 3.16. The molecule has 3 nitrogen and oxygen atoms in total. The number of rotatable bonds is 4. The monoisotopic (exact) mass is 210 g/mol. The van der Waals surface area contributed by atoms with Crippen LogP contribution in [0.3, 0.4) is 0 Å². The van der Waals surface area contributed by atoms with E-state index in [-0.39, 0.29) is 18.2 Å². The number of Topliss-reactive ketones (excluding diaryl/α,β-unsaturated/α-hetero) is 1. The summed E-state index contributed by atoms with van der Waals surface area (Å²) in [4.78, 5) is 21.2. The van der Waals surface area contributed by atoms with Crippen LogP contribution >= 0.6 is 0 Å². The Kier molecular flexibility index (Phi) is 3.55. The summed E-state index contributed by atoms with van der Waals surface area (Å²) in [5.74, 6) is -2.82. The predicted octanol–water partition coefficient (Wildman–Crippen LogP) is 1.97. The van der Waals surface area contributed by atoms with E-state index in [1.807, 2.05) is 0 Å². The number of aliphatic carboxylic acids is 1. The molecule has 0 aromatic heterocycles. The van der Waals surface area contributed by atoms with Gasteiger partial charge in [0, 0.05) is 6.42 Å². The summed E-state index contributed by atoms with van der Waals surface area (Å²) < 4.78 is 12.6. The molecule has 1 atom stereocenters. The smallest absolute Gasteiger partial charge is 0.372 e. The second kappa shape index (κ2) is 4.68. The number of carboxylic acids is 1. The molecule has 0 amide bonds. The van der Waals surface area contributed by atoms with Gasteiger partial charge in [0.05, 0.1) is 0 Å². The van der Waals surface area contributed by atoms with E-state index in [1.165, 1.54) is 12.1 Å².